The Balaban J connectivity index is 2.06. The molecule has 0 fully saturated rings. The molecular weight excluding hydrogens is 307 g/mol. The smallest absolute Gasteiger partial charge is 0.160 e. The Morgan fingerprint density at radius 1 is 1.05 bits per heavy atom. The molecule has 1 atom stereocenters. The third-order valence-corrected chi connectivity index (χ3v) is 3.32. The Morgan fingerprint density at radius 3 is 2.50 bits per heavy atom. The lowest BCUT2D eigenvalue weighted by molar-refractivity contribution is 0.191. The maximum Gasteiger partial charge on any atom is 0.160 e. The molecule has 2 rings (SSSR count). The van der Waals surface area contributed by atoms with E-state index in [1.54, 1.807) is 18.2 Å². The Hall–Kier alpha value is -1.36. The van der Waals surface area contributed by atoms with Crippen LogP contribution < -0.4 is 5.32 Å². The molecule has 0 bridgehead atoms. The van der Waals surface area contributed by atoms with Gasteiger partial charge < -0.3 is 10.4 Å². The lowest BCUT2D eigenvalue weighted by Gasteiger charge is -2.15. The zero-order chi connectivity index (χ0) is 14.7. The van der Waals surface area contributed by atoms with Crippen LogP contribution >= 0.6 is 23.2 Å². The van der Waals surface area contributed by atoms with E-state index in [1.807, 2.05) is 0 Å². The Labute approximate surface area is 125 Å². The number of halogens is 4. The van der Waals surface area contributed by atoms with E-state index in [0.29, 0.717) is 21.3 Å². The Bertz CT molecular complexity index is 622. The Kier molecular flexibility index (Phi) is 4.81. The van der Waals surface area contributed by atoms with Crippen molar-refractivity contribution < 1.29 is 13.9 Å². The minimum atomic E-state index is -0.953. The zero-order valence-electron chi connectivity index (χ0n) is 10.2. The summed E-state index contributed by atoms with van der Waals surface area (Å²) in [5, 5.41) is 13.7. The van der Waals surface area contributed by atoms with Gasteiger partial charge in [0.1, 0.15) is 0 Å². The summed E-state index contributed by atoms with van der Waals surface area (Å²) in [5.74, 6) is -1.88. The van der Waals surface area contributed by atoms with Gasteiger partial charge in [0, 0.05) is 33.9 Å². The molecule has 2 N–H and O–H groups in total. The molecule has 2 nitrogen and oxygen atoms in total. The van der Waals surface area contributed by atoms with E-state index in [0.717, 1.165) is 12.1 Å². The molecule has 2 aromatic rings. The van der Waals surface area contributed by atoms with Crippen molar-refractivity contribution in [2.24, 2.45) is 0 Å². The van der Waals surface area contributed by atoms with E-state index in [1.165, 1.54) is 6.07 Å². The maximum absolute atomic E-state index is 13.0. The number of hydrogen-bond donors (Lipinski definition) is 2. The van der Waals surface area contributed by atoms with Crippen molar-refractivity contribution in [1.29, 1.82) is 0 Å². The molecule has 0 amide bonds. The molecule has 106 valence electrons. The van der Waals surface area contributed by atoms with Gasteiger partial charge in [0.15, 0.2) is 11.6 Å². The standard InChI is InChI=1S/C14H11Cl2F2NO/c15-8-1-3-11(16)10(5-8)14(20)7-19-9-2-4-12(17)13(18)6-9/h1-6,14,19-20H,7H2. The number of aliphatic hydroxyl groups is 1. The van der Waals surface area contributed by atoms with Gasteiger partial charge in [-0.2, -0.15) is 0 Å². The summed E-state index contributed by atoms with van der Waals surface area (Å²) in [4.78, 5) is 0. The predicted molar refractivity (Wildman–Crippen MR) is 76.3 cm³/mol. The summed E-state index contributed by atoms with van der Waals surface area (Å²) in [6.45, 7) is 0.0884. The van der Waals surface area contributed by atoms with Crippen molar-refractivity contribution in [3.63, 3.8) is 0 Å². The summed E-state index contributed by atoms with van der Waals surface area (Å²) >= 11 is 11.8. The van der Waals surface area contributed by atoms with Crippen molar-refractivity contribution >= 4 is 28.9 Å². The van der Waals surface area contributed by atoms with Crippen LogP contribution in [0, 0.1) is 11.6 Å². The first kappa shape index (κ1) is 15.0. The number of rotatable bonds is 4. The molecule has 0 aromatic heterocycles. The summed E-state index contributed by atoms with van der Waals surface area (Å²) in [5.41, 5.74) is 0.829. The lowest BCUT2D eigenvalue weighted by atomic mass is 10.1. The van der Waals surface area contributed by atoms with Crippen LogP contribution in [-0.2, 0) is 0 Å². The highest BCUT2D eigenvalue weighted by atomic mass is 35.5. The van der Waals surface area contributed by atoms with Crippen molar-refractivity contribution in [2.75, 3.05) is 11.9 Å². The van der Waals surface area contributed by atoms with E-state index >= 15 is 0 Å². The van der Waals surface area contributed by atoms with E-state index < -0.39 is 17.7 Å². The van der Waals surface area contributed by atoms with Gasteiger partial charge in [0.2, 0.25) is 0 Å². The average Bonchev–Trinajstić information content (AvgIpc) is 2.42. The molecular formula is C14H11Cl2F2NO. The van der Waals surface area contributed by atoms with E-state index in [2.05, 4.69) is 5.32 Å². The number of benzene rings is 2. The van der Waals surface area contributed by atoms with Crippen LogP contribution in [0.1, 0.15) is 11.7 Å². The number of hydrogen-bond acceptors (Lipinski definition) is 2. The van der Waals surface area contributed by atoms with E-state index in [-0.39, 0.29) is 6.54 Å². The van der Waals surface area contributed by atoms with Crippen LogP contribution in [0.25, 0.3) is 0 Å². The van der Waals surface area contributed by atoms with Crippen LogP contribution in [0.3, 0.4) is 0 Å². The second-order valence-corrected chi connectivity index (χ2v) is 5.04. The first-order valence-electron chi connectivity index (χ1n) is 5.79. The summed E-state index contributed by atoms with van der Waals surface area (Å²) in [6.07, 6.45) is -0.922. The molecule has 20 heavy (non-hydrogen) atoms. The fourth-order valence-corrected chi connectivity index (χ4v) is 2.12. The highest BCUT2D eigenvalue weighted by molar-refractivity contribution is 6.33. The van der Waals surface area contributed by atoms with Gasteiger partial charge in [0.05, 0.1) is 6.10 Å². The SMILES string of the molecule is OC(CNc1ccc(F)c(F)c1)c1cc(Cl)ccc1Cl. The first-order chi connectivity index (χ1) is 9.47. The van der Waals surface area contributed by atoms with Crippen LogP contribution in [0.15, 0.2) is 36.4 Å². The van der Waals surface area contributed by atoms with Crippen LogP contribution in [-0.4, -0.2) is 11.7 Å². The zero-order valence-corrected chi connectivity index (χ0v) is 11.7. The molecule has 6 heteroatoms. The van der Waals surface area contributed by atoms with Crippen molar-refractivity contribution in [2.45, 2.75) is 6.10 Å². The quantitative estimate of drug-likeness (QED) is 0.875. The third kappa shape index (κ3) is 3.60. The number of nitrogens with one attached hydrogen (secondary N) is 1. The molecule has 0 spiro atoms. The summed E-state index contributed by atoms with van der Waals surface area (Å²) in [7, 11) is 0. The van der Waals surface area contributed by atoms with Gasteiger partial charge in [-0.1, -0.05) is 23.2 Å². The summed E-state index contributed by atoms with van der Waals surface area (Å²) in [6, 6.07) is 8.16. The van der Waals surface area contributed by atoms with E-state index in [9.17, 15) is 13.9 Å². The van der Waals surface area contributed by atoms with Crippen LogP contribution in [0.5, 0.6) is 0 Å². The molecule has 1 unspecified atom stereocenters. The van der Waals surface area contributed by atoms with Gasteiger partial charge in [-0.3, -0.25) is 0 Å². The normalized spacial score (nSPS) is 12.2. The molecule has 0 saturated heterocycles. The lowest BCUT2D eigenvalue weighted by Crippen LogP contribution is -2.12. The topological polar surface area (TPSA) is 32.3 Å². The monoisotopic (exact) mass is 317 g/mol. The Morgan fingerprint density at radius 2 is 1.80 bits per heavy atom. The molecule has 0 radical (unpaired) electrons. The average molecular weight is 318 g/mol. The minimum Gasteiger partial charge on any atom is -0.387 e. The van der Waals surface area contributed by atoms with Crippen molar-refractivity contribution in [3.8, 4) is 0 Å². The number of anilines is 1. The second kappa shape index (κ2) is 6.39. The van der Waals surface area contributed by atoms with Crippen molar-refractivity contribution in [3.05, 3.63) is 63.6 Å². The number of aliphatic hydroxyl groups excluding tert-OH is 1. The van der Waals surface area contributed by atoms with E-state index in [4.69, 9.17) is 23.2 Å². The largest absolute Gasteiger partial charge is 0.387 e. The fraction of sp³-hybridized carbons (Fsp3) is 0.143. The predicted octanol–water partition coefficient (Wildman–Crippen LogP) is 4.42. The fourth-order valence-electron chi connectivity index (χ4n) is 1.70. The first-order valence-corrected chi connectivity index (χ1v) is 6.55. The molecule has 2 aromatic carbocycles. The second-order valence-electron chi connectivity index (χ2n) is 4.19. The van der Waals surface area contributed by atoms with Gasteiger partial charge >= 0.3 is 0 Å². The minimum absolute atomic E-state index is 0.0884. The molecule has 0 aliphatic heterocycles. The molecule has 0 heterocycles. The van der Waals surface area contributed by atoms with Crippen molar-refractivity contribution in [1.82, 2.24) is 0 Å². The maximum atomic E-state index is 13.0. The summed E-state index contributed by atoms with van der Waals surface area (Å²) < 4.78 is 25.8. The van der Waals surface area contributed by atoms with Gasteiger partial charge in [-0.15, -0.1) is 0 Å². The van der Waals surface area contributed by atoms with Gasteiger partial charge in [-0.25, -0.2) is 8.78 Å². The molecule has 0 saturated carbocycles. The van der Waals surface area contributed by atoms with Gasteiger partial charge in [0.25, 0.3) is 0 Å². The third-order valence-electron chi connectivity index (χ3n) is 2.74. The van der Waals surface area contributed by atoms with Crippen LogP contribution in [0.4, 0.5) is 14.5 Å². The molecule has 0 aliphatic carbocycles. The highest BCUT2D eigenvalue weighted by Crippen LogP contribution is 2.26. The molecule has 0 aliphatic rings. The highest BCUT2D eigenvalue weighted by Gasteiger charge is 2.12. The van der Waals surface area contributed by atoms with Crippen LogP contribution in [0.2, 0.25) is 10.0 Å². The van der Waals surface area contributed by atoms with Gasteiger partial charge in [-0.05, 0) is 30.3 Å².